The minimum absolute atomic E-state index is 0.0167. The minimum Gasteiger partial charge on any atom is -0.383 e. The maximum absolute atomic E-state index is 12.9. The predicted molar refractivity (Wildman–Crippen MR) is 92.8 cm³/mol. The van der Waals surface area contributed by atoms with Gasteiger partial charge in [0.1, 0.15) is 6.04 Å². The zero-order valence-corrected chi connectivity index (χ0v) is 14.8. The van der Waals surface area contributed by atoms with Gasteiger partial charge >= 0.3 is 0 Å². The molecule has 0 spiro atoms. The lowest BCUT2D eigenvalue weighted by Gasteiger charge is -2.28. The number of amides is 2. The Bertz CT molecular complexity index is 570. The highest BCUT2D eigenvalue weighted by molar-refractivity contribution is 8.00. The van der Waals surface area contributed by atoms with Gasteiger partial charge in [-0.1, -0.05) is 30.7 Å². The second-order valence-electron chi connectivity index (χ2n) is 5.19. The fourth-order valence-electron chi connectivity index (χ4n) is 2.52. The van der Waals surface area contributed by atoms with Crippen molar-refractivity contribution in [2.45, 2.75) is 24.8 Å². The summed E-state index contributed by atoms with van der Waals surface area (Å²) in [5.74, 6) is 0.248. The number of methoxy groups -OCH3 is 1. The molecule has 1 aromatic rings. The number of hydrogen-bond acceptors (Lipinski definition) is 4. The molecule has 1 heterocycles. The summed E-state index contributed by atoms with van der Waals surface area (Å²) in [5.41, 5.74) is 0.435. The van der Waals surface area contributed by atoms with Crippen LogP contribution in [0, 0.1) is 0 Å². The number of thioether (sulfide) groups is 1. The molecule has 1 aromatic carbocycles. The lowest BCUT2D eigenvalue weighted by Crippen LogP contribution is -2.50. The summed E-state index contributed by atoms with van der Waals surface area (Å²) < 4.78 is 4.94. The van der Waals surface area contributed by atoms with Crippen molar-refractivity contribution in [3.8, 4) is 0 Å². The maximum atomic E-state index is 12.9. The number of halogens is 1. The van der Waals surface area contributed by atoms with E-state index in [1.165, 1.54) is 0 Å². The molecule has 5 nitrogen and oxygen atoms in total. The Kier molecular flexibility index (Phi) is 6.74. The molecule has 2 unspecified atom stereocenters. The summed E-state index contributed by atoms with van der Waals surface area (Å²) in [4.78, 5) is 27.0. The Balaban J connectivity index is 2.18. The highest BCUT2D eigenvalue weighted by Gasteiger charge is 2.41. The summed E-state index contributed by atoms with van der Waals surface area (Å²) in [5, 5.41) is 3.21. The summed E-state index contributed by atoms with van der Waals surface area (Å²) in [6.45, 7) is 2.89. The zero-order valence-electron chi connectivity index (χ0n) is 13.3. The molecular formula is C16H21ClN2O3S. The van der Waals surface area contributed by atoms with Gasteiger partial charge in [-0.05, 0) is 18.6 Å². The first-order valence-corrected chi connectivity index (χ1v) is 8.98. The Morgan fingerprint density at radius 1 is 1.43 bits per heavy atom. The van der Waals surface area contributed by atoms with Crippen molar-refractivity contribution in [1.29, 1.82) is 0 Å². The molecule has 1 aliphatic rings. The predicted octanol–water partition coefficient (Wildman–Crippen LogP) is 2.40. The molecule has 1 aliphatic heterocycles. The minimum atomic E-state index is -0.481. The molecule has 2 amide bonds. The van der Waals surface area contributed by atoms with Gasteiger partial charge in [-0.3, -0.25) is 9.59 Å². The van der Waals surface area contributed by atoms with Crippen LogP contribution in [0.15, 0.2) is 24.3 Å². The standard InChI is InChI=1S/C16H21ClN2O3S/c1-3-14-19(16(21)11-6-4-5-7-12(11)17)13(10-23-14)15(20)18-8-9-22-2/h4-7,13-14H,3,8-10H2,1-2H3,(H,18,20). The van der Waals surface area contributed by atoms with Crippen molar-refractivity contribution in [3.63, 3.8) is 0 Å². The van der Waals surface area contributed by atoms with E-state index in [0.717, 1.165) is 6.42 Å². The summed E-state index contributed by atoms with van der Waals surface area (Å²) >= 11 is 7.77. The van der Waals surface area contributed by atoms with E-state index < -0.39 is 6.04 Å². The molecule has 7 heteroatoms. The fraction of sp³-hybridized carbons (Fsp3) is 0.500. The van der Waals surface area contributed by atoms with Crippen molar-refractivity contribution in [2.24, 2.45) is 0 Å². The second kappa shape index (κ2) is 8.57. The molecular weight excluding hydrogens is 336 g/mol. The number of nitrogens with one attached hydrogen (secondary N) is 1. The number of hydrogen-bond donors (Lipinski definition) is 1. The van der Waals surface area contributed by atoms with Gasteiger partial charge in [-0.2, -0.15) is 0 Å². The van der Waals surface area contributed by atoms with Gasteiger partial charge in [0.25, 0.3) is 5.91 Å². The maximum Gasteiger partial charge on any atom is 0.256 e. The van der Waals surface area contributed by atoms with Crippen molar-refractivity contribution in [3.05, 3.63) is 34.9 Å². The van der Waals surface area contributed by atoms with E-state index in [1.54, 1.807) is 48.0 Å². The van der Waals surface area contributed by atoms with Crippen LogP contribution in [0.4, 0.5) is 0 Å². The van der Waals surface area contributed by atoms with Crippen molar-refractivity contribution < 1.29 is 14.3 Å². The van der Waals surface area contributed by atoms with Crippen molar-refractivity contribution in [1.82, 2.24) is 10.2 Å². The van der Waals surface area contributed by atoms with Crippen LogP contribution in [-0.2, 0) is 9.53 Å². The van der Waals surface area contributed by atoms with Crippen LogP contribution in [-0.4, -0.2) is 54.1 Å². The fourth-order valence-corrected chi connectivity index (χ4v) is 4.09. The molecule has 0 radical (unpaired) electrons. The van der Waals surface area contributed by atoms with Gasteiger partial charge < -0.3 is 15.0 Å². The third-order valence-corrected chi connectivity index (χ3v) is 5.47. The van der Waals surface area contributed by atoms with E-state index in [2.05, 4.69) is 5.32 Å². The average molecular weight is 357 g/mol. The van der Waals surface area contributed by atoms with Crippen LogP contribution < -0.4 is 5.32 Å². The SMILES string of the molecule is CCC1SCC(C(=O)NCCOC)N1C(=O)c1ccccc1Cl. The summed E-state index contributed by atoms with van der Waals surface area (Å²) in [7, 11) is 1.58. The van der Waals surface area contributed by atoms with Crippen molar-refractivity contribution >= 4 is 35.2 Å². The number of ether oxygens (including phenoxy) is 1. The number of nitrogens with zero attached hydrogens (tertiary/aromatic N) is 1. The molecule has 2 atom stereocenters. The topological polar surface area (TPSA) is 58.6 Å². The number of carbonyl (C=O) groups is 2. The Hall–Kier alpha value is -1.24. The number of carbonyl (C=O) groups excluding carboxylic acids is 2. The lowest BCUT2D eigenvalue weighted by molar-refractivity contribution is -0.125. The molecule has 0 aromatic heterocycles. The average Bonchev–Trinajstić information content (AvgIpc) is 2.99. The van der Waals surface area contributed by atoms with Crippen molar-refractivity contribution in [2.75, 3.05) is 26.0 Å². The Morgan fingerprint density at radius 3 is 2.83 bits per heavy atom. The monoisotopic (exact) mass is 356 g/mol. The number of rotatable bonds is 6. The zero-order chi connectivity index (χ0) is 16.8. The molecule has 0 bridgehead atoms. The first-order chi connectivity index (χ1) is 11.1. The van der Waals surface area contributed by atoms with E-state index >= 15 is 0 Å². The third-order valence-electron chi connectivity index (χ3n) is 3.69. The van der Waals surface area contributed by atoms with Gasteiger partial charge in [0.15, 0.2) is 0 Å². The normalized spacial score (nSPS) is 20.6. The molecule has 126 valence electrons. The van der Waals surface area contributed by atoms with Crippen LogP contribution in [0.3, 0.4) is 0 Å². The molecule has 2 rings (SSSR count). The Morgan fingerprint density at radius 2 is 2.17 bits per heavy atom. The molecule has 1 saturated heterocycles. The van der Waals surface area contributed by atoms with Crippen LogP contribution in [0.5, 0.6) is 0 Å². The largest absolute Gasteiger partial charge is 0.383 e. The highest BCUT2D eigenvalue weighted by Crippen LogP contribution is 2.33. The van der Waals surface area contributed by atoms with E-state index in [-0.39, 0.29) is 17.2 Å². The van der Waals surface area contributed by atoms with Crippen LogP contribution in [0.25, 0.3) is 0 Å². The van der Waals surface area contributed by atoms with Gasteiger partial charge in [-0.15, -0.1) is 11.8 Å². The molecule has 0 aliphatic carbocycles. The van der Waals surface area contributed by atoms with Crippen LogP contribution in [0.2, 0.25) is 5.02 Å². The molecule has 1 N–H and O–H groups in total. The number of benzene rings is 1. The first-order valence-electron chi connectivity index (χ1n) is 7.55. The van der Waals surface area contributed by atoms with Gasteiger partial charge in [-0.25, -0.2) is 0 Å². The van der Waals surface area contributed by atoms with Gasteiger partial charge in [0.05, 0.1) is 22.6 Å². The smallest absolute Gasteiger partial charge is 0.256 e. The van der Waals surface area contributed by atoms with E-state index in [1.807, 2.05) is 6.92 Å². The Labute approximate surface area is 145 Å². The summed E-state index contributed by atoms with van der Waals surface area (Å²) in [6, 6.07) is 6.46. The van der Waals surface area contributed by atoms with Gasteiger partial charge in [0, 0.05) is 19.4 Å². The van der Waals surface area contributed by atoms with Gasteiger partial charge in [0.2, 0.25) is 5.91 Å². The van der Waals surface area contributed by atoms with E-state index in [0.29, 0.717) is 29.5 Å². The van der Waals surface area contributed by atoms with E-state index in [4.69, 9.17) is 16.3 Å². The molecule has 23 heavy (non-hydrogen) atoms. The second-order valence-corrected chi connectivity index (χ2v) is 6.81. The lowest BCUT2D eigenvalue weighted by atomic mass is 10.1. The summed E-state index contributed by atoms with van der Waals surface area (Å²) in [6.07, 6.45) is 0.780. The van der Waals surface area contributed by atoms with Crippen LogP contribution in [0.1, 0.15) is 23.7 Å². The first kappa shape index (κ1) is 18.1. The molecule has 0 saturated carbocycles. The molecule has 1 fully saturated rings. The van der Waals surface area contributed by atoms with E-state index in [9.17, 15) is 9.59 Å². The highest BCUT2D eigenvalue weighted by atomic mass is 35.5. The quantitative estimate of drug-likeness (QED) is 0.795. The van der Waals surface area contributed by atoms with Crippen LogP contribution >= 0.6 is 23.4 Å². The third kappa shape index (κ3) is 4.19.